The van der Waals surface area contributed by atoms with Crippen LogP contribution in [0.3, 0.4) is 0 Å². The van der Waals surface area contributed by atoms with Gasteiger partial charge in [0, 0.05) is 6.04 Å². The molecule has 0 aliphatic carbocycles. The van der Waals surface area contributed by atoms with Crippen molar-refractivity contribution in [1.29, 1.82) is 0 Å². The number of aryl methyl sites for hydroxylation is 1. The minimum Gasteiger partial charge on any atom is -0.493 e. The van der Waals surface area contributed by atoms with Gasteiger partial charge in [-0.2, -0.15) is 0 Å². The van der Waals surface area contributed by atoms with Gasteiger partial charge in [-0.1, -0.05) is 55.5 Å². The number of rotatable bonds is 8. The molecule has 2 heteroatoms. The van der Waals surface area contributed by atoms with Gasteiger partial charge < -0.3 is 10.5 Å². The largest absolute Gasteiger partial charge is 0.493 e. The number of hydrogen-bond donors (Lipinski definition) is 1. The van der Waals surface area contributed by atoms with Crippen molar-refractivity contribution in [1.82, 2.24) is 0 Å². The van der Waals surface area contributed by atoms with Crippen molar-refractivity contribution in [3.8, 4) is 5.75 Å². The molecular weight excluding hydrogens is 258 g/mol. The molecule has 0 saturated heterocycles. The van der Waals surface area contributed by atoms with E-state index in [0.29, 0.717) is 0 Å². The van der Waals surface area contributed by atoms with Crippen LogP contribution in [0.1, 0.15) is 30.9 Å². The number of hydrogen-bond acceptors (Lipinski definition) is 2. The summed E-state index contributed by atoms with van der Waals surface area (Å²) in [6.45, 7) is 2.86. The van der Waals surface area contributed by atoms with Gasteiger partial charge in [0.25, 0.3) is 0 Å². The van der Waals surface area contributed by atoms with Crippen molar-refractivity contribution >= 4 is 0 Å². The van der Waals surface area contributed by atoms with Crippen molar-refractivity contribution in [2.24, 2.45) is 5.73 Å². The van der Waals surface area contributed by atoms with Crippen LogP contribution in [0.4, 0.5) is 0 Å². The standard InChI is InChI=1S/C19H25NO/c1-2-18(20)15-17-12-6-7-13-19(17)21-14-8-11-16-9-4-3-5-10-16/h3-7,9-10,12-13,18H,2,8,11,14-15,20H2,1H3. The van der Waals surface area contributed by atoms with Gasteiger partial charge in [0.2, 0.25) is 0 Å². The fourth-order valence-electron chi connectivity index (χ4n) is 2.34. The molecule has 0 amide bonds. The van der Waals surface area contributed by atoms with Gasteiger partial charge in [-0.05, 0) is 42.9 Å². The van der Waals surface area contributed by atoms with Gasteiger partial charge in [0.1, 0.15) is 5.75 Å². The van der Waals surface area contributed by atoms with Gasteiger partial charge in [0.05, 0.1) is 6.61 Å². The molecule has 21 heavy (non-hydrogen) atoms. The minimum absolute atomic E-state index is 0.207. The Bertz CT molecular complexity index is 524. The maximum absolute atomic E-state index is 6.05. The molecule has 1 unspecified atom stereocenters. The zero-order valence-electron chi connectivity index (χ0n) is 12.8. The Balaban J connectivity index is 1.82. The summed E-state index contributed by atoms with van der Waals surface area (Å²) in [6, 6.07) is 19.0. The minimum atomic E-state index is 0.207. The highest BCUT2D eigenvalue weighted by molar-refractivity contribution is 5.34. The molecule has 2 rings (SSSR count). The maximum Gasteiger partial charge on any atom is 0.122 e. The van der Waals surface area contributed by atoms with Crippen LogP contribution < -0.4 is 10.5 Å². The average Bonchev–Trinajstić information content (AvgIpc) is 2.54. The number of ether oxygens (including phenoxy) is 1. The Labute approximate surface area is 127 Å². The lowest BCUT2D eigenvalue weighted by atomic mass is 10.0. The predicted octanol–water partition coefficient (Wildman–Crippen LogP) is 3.98. The van der Waals surface area contributed by atoms with Gasteiger partial charge in [-0.15, -0.1) is 0 Å². The summed E-state index contributed by atoms with van der Waals surface area (Å²) in [7, 11) is 0. The summed E-state index contributed by atoms with van der Waals surface area (Å²) >= 11 is 0. The highest BCUT2D eigenvalue weighted by Gasteiger charge is 2.07. The van der Waals surface area contributed by atoms with E-state index in [2.05, 4.69) is 43.3 Å². The molecule has 0 bridgehead atoms. The molecule has 112 valence electrons. The first-order chi connectivity index (χ1) is 10.3. The quantitative estimate of drug-likeness (QED) is 0.744. The van der Waals surface area contributed by atoms with E-state index in [0.717, 1.165) is 38.0 Å². The highest BCUT2D eigenvalue weighted by Crippen LogP contribution is 2.20. The van der Waals surface area contributed by atoms with Crippen molar-refractivity contribution < 1.29 is 4.74 Å². The first-order valence-electron chi connectivity index (χ1n) is 7.79. The van der Waals surface area contributed by atoms with Gasteiger partial charge in [0.15, 0.2) is 0 Å². The molecule has 0 aliphatic rings. The Morgan fingerprint density at radius 1 is 1.00 bits per heavy atom. The van der Waals surface area contributed by atoms with E-state index < -0.39 is 0 Å². The van der Waals surface area contributed by atoms with Crippen LogP contribution in [0.5, 0.6) is 5.75 Å². The Morgan fingerprint density at radius 3 is 2.48 bits per heavy atom. The summed E-state index contributed by atoms with van der Waals surface area (Å²) < 4.78 is 5.95. The first-order valence-corrected chi connectivity index (χ1v) is 7.79. The Morgan fingerprint density at radius 2 is 1.71 bits per heavy atom. The van der Waals surface area contributed by atoms with Crippen molar-refractivity contribution in [2.75, 3.05) is 6.61 Å². The zero-order chi connectivity index (χ0) is 14.9. The molecule has 0 radical (unpaired) electrons. The van der Waals surface area contributed by atoms with E-state index in [9.17, 15) is 0 Å². The average molecular weight is 283 g/mol. The normalized spacial score (nSPS) is 12.1. The lowest BCUT2D eigenvalue weighted by Crippen LogP contribution is -2.21. The lowest BCUT2D eigenvalue weighted by Gasteiger charge is -2.14. The van der Waals surface area contributed by atoms with Crippen LogP contribution >= 0.6 is 0 Å². The summed E-state index contributed by atoms with van der Waals surface area (Å²) in [5.74, 6) is 0.981. The molecule has 2 aromatic carbocycles. The van der Waals surface area contributed by atoms with Gasteiger partial charge in [-0.3, -0.25) is 0 Å². The SMILES string of the molecule is CCC(N)Cc1ccccc1OCCCc1ccccc1. The van der Waals surface area contributed by atoms with Crippen molar-refractivity contribution in [3.05, 3.63) is 65.7 Å². The van der Waals surface area contributed by atoms with Crippen molar-refractivity contribution in [3.63, 3.8) is 0 Å². The second-order valence-electron chi connectivity index (χ2n) is 5.42. The Kier molecular flexibility index (Phi) is 6.29. The monoisotopic (exact) mass is 283 g/mol. The smallest absolute Gasteiger partial charge is 0.122 e. The van der Waals surface area contributed by atoms with E-state index in [1.165, 1.54) is 11.1 Å². The van der Waals surface area contributed by atoms with Crippen LogP contribution in [-0.2, 0) is 12.8 Å². The molecule has 2 aromatic rings. The zero-order valence-corrected chi connectivity index (χ0v) is 12.8. The number of nitrogens with two attached hydrogens (primary N) is 1. The molecule has 0 spiro atoms. The molecule has 0 fully saturated rings. The Hall–Kier alpha value is -1.80. The lowest BCUT2D eigenvalue weighted by molar-refractivity contribution is 0.307. The number of benzene rings is 2. The van der Waals surface area contributed by atoms with Crippen LogP contribution in [-0.4, -0.2) is 12.6 Å². The molecule has 0 heterocycles. The van der Waals surface area contributed by atoms with Crippen LogP contribution in [0, 0.1) is 0 Å². The molecule has 2 nitrogen and oxygen atoms in total. The van der Waals surface area contributed by atoms with Crippen LogP contribution in [0.2, 0.25) is 0 Å². The summed E-state index contributed by atoms with van der Waals surface area (Å²) in [5.41, 5.74) is 8.63. The van der Waals surface area contributed by atoms with E-state index in [1.807, 2.05) is 18.2 Å². The third-order valence-corrected chi connectivity index (χ3v) is 3.69. The van der Waals surface area contributed by atoms with Crippen molar-refractivity contribution in [2.45, 2.75) is 38.6 Å². The fourth-order valence-corrected chi connectivity index (χ4v) is 2.34. The second-order valence-corrected chi connectivity index (χ2v) is 5.42. The molecule has 0 saturated carbocycles. The molecule has 0 aromatic heterocycles. The summed E-state index contributed by atoms with van der Waals surface area (Å²) in [4.78, 5) is 0. The van der Waals surface area contributed by atoms with E-state index in [1.54, 1.807) is 0 Å². The molecular formula is C19H25NO. The predicted molar refractivity (Wildman–Crippen MR) is 88.7 cm³/mol. The van der Waals surface area contributed by atoms with Gasteiger partial charge >= 0.3 is 0 Å². The van der Waals surface area contributed by atoms with E-state index >= 15 is 0 Å². The fraction of sp³-hybridized carbons (Fsp3) is 0.368. The number of para-hydroxylation sites is 1. The topological polar surface area (TPSA) is 35.2 Å². The van der Waals surface area contributed by atoms with Crippen LogP contribution in [0.15, 0.2) is 54.6 Å². The van der Waals surface area contributed by atoms with Crippen LogP contribution in [0.25, 0.3) is 0 Å². The highest BCUT2D eigenvalue weighted by atomic mass is 16.5. The summed E-state index contributed by atoms with van der Waals surface area (Å²) in [5, 5.41) is 0. The molecule has 2 N–H and O–H groups in total. The third-order valence-electron chi connectivity index (χ3n) is 3.69. The van der Waals surface area contributed by atoms with E-state index in [-0.39, 0.29) is 6.04 Å². The van der Waals surface area contributed by atoms with E-state index in [4.69, 9.17) is 10.5 Å². The second kappa shape index (κ2) is 8.48. The maximum atomic E-state index is 6.05. The molecule has 0 aliphatic heterocycles. The summed E-state index contributed by atoms with van der Waals surface area (Å²) in [6.07, 6.45) is 3.95. The molecule has 1 atom stereocenters. The first kappa shape index (κ1) is 15.6. The third kappa shape index (κ3) is 5.24. The van der Waals surface area contributed by atoms with Gasteiger partial charge in [-0.25, -0.2) is 0 Å².